The minimum atomic E-state index is -3.61. The van der Waals surface area contributed by atoms with Gasteiger partial charge < -0.3 is 9.15 Å². The fraction of sp³-hybridized carbons (Fsp3) is 0.333. The molecule has 3 heterocycles. The van der Waals surface area contributed by atoms with Crippen LogP contribution in [0.15, 0.2) is 45.0 Å². The summed E-state index contributed by atoms with van der Waals surface area (Å²) in [5.41, 5.74) is 1.41. The molecule has 9 heteroatoms. The van der Waals surface area contributed by atoms with Crippen molar-refractivity contribution in [2.45, 2.75) is 38.2 Å². The zero-order chi connectivity index (χ0) is 21.3. The first kappa shape index (κ1) is 20.8. The van der Waals surface area contributed by atoms with Gasteiger partial charge in [-0.15, -0.1) is 11.3 Å². The van der Waals surface area contributed by atoms with Gasteiger partial charge in [0.1, 0.15) is 18.1 Å². The van der Waals surface area contributed by atoms with Gasteiger partial charge in [-0.05, 0) is 55.8 Å². The van der Waals surface area contributed by atoms with E-state index in [4.69, 9.17) is 9.15 Å². The van der Waals surface area contributed by atoms with Crippen LogP contribution >= 0.6 is 11.3 Å². The second kappa shape index (κ2) is 8.33. The zero-order valence-corrected chi connectivity index (χ0v) is 18.4. The van der Waals surface area contributed by atoms with Crippen molar-refractivity contribution in [3.05, 3.63) is 58.3 Å². The van der Waals surface area contributed by atoms with Crippen LogP contribution in [-0.2, 0) is 21.4 Å². The first-order valence-corrected chi connectivity index (χ1v) is 12.0. The van der Waals surface area contributed by atoms with Crippen molar-refractivity contribution in [1.82, 2.24) is 9.29 Å². The van der Waals surface area contributed by atoms with E-state index in [9.17, 15) is 13.2 Å². The third-order valence-electron chi connectivity index (χ3n) is 5.10. The normalized spacial score (nSPS) is 14.9. The number of oxazole rings is 1. The Bertz CT molecular complexity index is 1160. The number of carbonyl (C=O) groups excluding carboxylic acids is 1. The molecule has 0 aliphatic carbocycles. The molecule has 0 radical (unpaired) electrons. The van der Waals surface area contributed by atoms with Gasteiger partial charge in [-0.2, -0.15) is 4.31 Å². The number of benzene rings is 1. The highest BCUT2D eigenvalue weighted by molar-refractivity contribution is 7.89. The molecule has 4 rings (SSSR count). The smallest absolute Gasteiger partial charge is 0.338 e. The number of esters is 1. The van der Waals surface area contributed by atoms with Crippen LogP contribution in [0.25, 0.3) is 10.8 Å². The minimum Gasteiger partial charge on any atom is -0.455 e. The van der Waals surface area contributed by atoms with E-state index >= 15 is 0 Å². The van der Waals surface area contributed by atoms with Crippen LogP contribution < -0.4 is 0 Å². The summed E-state index contributed by atoms with van der Waals surface area (Å²) in [4.78, 5) is 18.1. The van der Waals surface area contributed by atoms with Crippen LogP contribution in [0.5, 0.6) is 0 Å². The van der Waals surface area contributed by atoms with Gasteiger partial charge in [-0.25, -0.2) is 18.2 Å². The maximum absolute atomic E-state index is 12.8. The molecule has 0 amide bonds. The van der Waals surface area contributed by atoms with Crippen molar-refractivity contribution in [1.29, 1.82) is 0 Å². The fourth-order valence-electron chi connectivity index (χ4n) is 3.34. The molecule has 0 saturated carbocycles. The molecule has 0 bridgehead atoms. The first-order chi connectivity index (χ1) is 14.4. The largest absolute Gasteiger partial charge is 0.455 e. The third-order valence-corrected chi connectivity index (χ3v) is 7.85. The average molecular weight is 447 g/mol. The Balaban J connectivity index is 1.51. The van der Waals surface area contributed by atoms with Crippen LogP contribution in [0, 0.1) is 13.8 Å². The molecule has 3 aromatic rings. The standard InChI is InChI=1S/C21H22N2O5S2/c1-14-7-8-16(30(25,26)23-9-3-4-10-23)12-17(14)21(24)27-13-18-15(2)28-20(22-18)19-6-5-11-29-19/h5-8,11-12H,3-4,9-10,13H2,1-2H3. The van der Waals surface area contributed by atoms with Crippen LogP contribution in [0.1, 0.15) is 40.2 Å². The molecule has 158 valence electrons. The van der Waals surface area contributed by atoms with E-state index in [1.807, 2.05) is 17.5 Å². The highest BCUT2D eigenvalue weighted by atomic mass is 32.2. The van der Waals surface area contributed by atoms with Crippen LogP contribution in [0.4, 0.5) is 0 Å². The molecule has 1 fully saturated rings. The van der Waals surface area contributed by atoms with Crippen molar-refractivity contribution >= 4 is 27.3 Å². The second-order valence-corrected chi connectivity index (χ2v) is 10.0. The van der Waals surface area contributed by atoms with Crippen LogP contribution in [-0.4, -0.2) is 36.8 Å². The summed E-state index contributed by atoms with van der Waals surface area (Å²) in [6.07, 6.45) is 1.70. The van der Waals surface area contributed by atoms with E-state index in [1.165, 1.54) is 27.8 Å². The van der Waals surface area contributed by atoms with Crippen molar-refractivity contribution in [2.24, 2.45) is 0 Å². The Labute approximate surface area is 179 Å². The predicted molar refractivity (Wildman–Crippen MR) is 113 cm³/mol. The van der Waals surface area contributed by atoms with Gasteiger partial charge in [-0.1, -0.05) is 12.1 Å². The molecule has 7 nitrogen and oxygen atoms in total. The SMILES string of the molecule is Cc1ccc(S(=O)(=O)N2CCCC2)cc1C(=O)OCc1nc(-c2cccs2)oc1C. The quantitative estimate of drug-likeness (QED) is 0.528. The van der Waals surface area contributed by atoms with Crippen LogP contribution in [0.2, 0.25) is 0 Å². The van der Waals surface area contributed by atoms with E-state index in [-0.39, 0.29) is 17.1 Å². The number of hydrogen-bond donors (Lipinski definition) is 0. The van der Waals surface area contributed by atoms with E-state index in [2.05, 4.69) is 4.98 Å². The van der Waals surface area contributed by atoms with Crippen molar-refractivity contribution in [3.8, 4) is 10.8 Å². The highest BCUT2D eigenvalue weighted by Gasteiger charge is 2.28. The number of thiophene rings is 1. The number of nitrogens with zero attached hydrogens (tertiary/aromatic N) is 2. The lowest BCUT2D eigenvalue weighted by Crippen LogP contribution is -2.28. The second-order valence-electron chi connectivity index (χ2n) is 7.16. The fourth-order valence-corrected chi connectivity index (χ4v) is 5.53. The number of ether oxygens (including phenoxy) is 1. The van der Waals surface area contributed by atoms with Gasteiger partial charge in [-0.3, -0.25) is 0 Å². The maximum atomic E-state index is 12.8. The number of sulfonamides is 1. The van der Waals surface area contributed by atoms with Crippen molar-refractivity contribution in [2.75, 3.05) is 13.1 Å². The van der Waals surface area contributed by atoms with Gasteiger partial charge >= 0.3 is 5.97 Å². The topological polar surface area (TPSA) is 89.7 Å². The molecule has 1 aromatic carbocycles. The van der Waals surface area contributed by atoms with E-state index in [0.717, 1.165) is 17.7 Å². The van der Waals surface area contributed by atoms with Gasteiger partial charge in [0.05, 0.1) is 15.3 Å². The first-order valence-electron chi connectivity index (χ1n) is 9.64. The molecule has 0 atom stereocenters. The summed E-state index contributed by atoms with van der Waals surface area (Å²) >= 11 is 1.51. The Kier molecular flexibility index (Phi) is 5.77. The van der Waals surface area contributed by atoms with E-state index in [1.54, 1.807) is 19.9 Å². The lowest BCUT2D eigenvalue weighted by Gasteiger charge is -2.16. The average Bonchev–Trinajstić information content (AvgIpc) is 3.48. The van der Waals surface area contributed by atoms with Gasteiger partial charge in [0.25, 0.3) is 0 Å². The molecular formula is C21H22N2O5S2. The summed E-state index contributed by atoms with van der Waals surface area (Å²) in [6.45, 7) is 4.48. The van der Waals surface area contributed by atoms with E-state index in [0.29, 0.717) is 36.0 Å². The van der Waals surface area contributed by atoms with Crippen LogP contribution in [0.3, 0.4) is 0 Å². The Hall–Kier alpha value is -2.49. The monoisotopic (exact) mass is 446 g/mol. The predicted octanol–water partition coefficient (Wildman–Crippen LogP) is 4.16. The summed E-state index contributed by atoms with van der Waals surface area (Å²) in [5, 5.41) is 1.93. The summed E-state index contributed by atoms with van der Waals surface area (Å²) in [7, 11) is -3.61. The van der Waals surface area contributed by atoms with Gasteiger partial charge in [0.2, 0.25) is 15.9 Å². The number of carbonyl (C=O) groups is 1. The maximum Gasteiger partial charge on any atom is 0.338 e. The Morgan fingerprint density at radius 3 is 2.70 bits per heavy atom. The molecule has 2 aromatic heterocycles. The van der Waals surface area contributed by atoms with Gasteiger partial charge in [0, 0.05) is 13.1 Å². The Morgan fingerprint density at radius 2 is 2.00 bits per heavy atom. The number of aromatic nitrogens is 1. The van der Waals surface area contributed by atoms with Crippen molar-refractivity contribution in [3.63, 3.8) is 0 Å². The zero-order valence-electron chi connectivity index (χ0n) is 16.8. The number of hydrogen-bond acceptors (Lipinski definition) is 7. The molecular weight excluding hydrogens is 424 g/mol. The van der Waals surface area contributed by atoms with E-state index < -0.39 is 16.0 Å². The third kappa shape index (κ3) is 4.05. The lowest BCUT2D eigenvalue weighted by molar-refractivity contribution is 0.0465. The highest BCUT2D eigenvalue weighted by Crippen LogP contribution is 2.27. The molecule has 1 aliphatic heterocycles. The van der Waals surface area contributed by atoms with Crippen molar-refractivity contribution < 1.29 is 22.4 Å². The lowest BCUT2D eigenvalue weighted by atomic mass is 10.1. The molecule has 0 spiro atoms. The number of rotatable bonds is 6. The molecule has 1 saturated heterocycles. The summed E-state index contributed by atoms with van der Waals surface area (Å²) < 4.78 is 38.2. The molecule has 0 unspecified atom stereocenters. The Morgan fingerprint density at radius 1 is 1.23 bits per heavy atom. The number of aryl methyl sites for hydroxylation is 2. The minimum absolute atomic E-state index is 0.0535. The molecule has 1 aliphatic rings. The molecule has 30 heavy (non-hydrogen) atoms. The summed E-state index contributed by atoms with van der Waals surface area (Å²) in [5.74, 6) is 0.475. The molecule has 0 N–H and O–H groups in total. The van der Waals surface area contributed by atoms with Gasteiger partial charge in [0.15, 0.2) is 0 Å². The summed E-state index contributed by atoms with van der Waals surface area (Å²) in [6, 6.07) is 8.38.